The normalized spacial score (nSPS) is 12.8. The van der Waals surface area contributed by atoms with Gasteiger partial charge in [-0.05, 0) is 46.7 Å². The van der Waals surface area contributed by atoms with Crippen LogP contribution in [0.25, 0.3) is 0 Å². The van der Waals surface area contributed by atoms with Crippen LogP contribution in [0, 0.1) is 11.2 Å². The molecule has 0 spiro atoms. The Labute approximate surface area is 205 Å². The number of halogens is 4. The maximum Gasteiger partial charge on any atom is 0.573 e. The molecular weight excluding hydrogens is 480 g/mol. The molecule has 0 saturated heterocycles. The highest BCUT2D eigenvalue weighted by molar-refractivity contribution is 5.94. The van der Waals surface area contributed by atoms with Gasteiger partial charge in [-0.1, -0.05) is 39.0 Å². The van der Waals surface area contributed by atoms with Crippen LogP contribution in [0.4, 0.5) is 17.6 Å². The minimum atomic E-state index is -5.03. The average Bonchev–Trinajstić information content (AvgIpc) is 2.77. The second kappa shape index (κ2) is 10.5. The zero-order chi connectivity index (χ0) is 26.7. The number of Topliss-reactive ketones (excluding diaryl/α,β-unsaturated/α-hetero) is 1. The summed E-state index contributed by atoms with van der Waals surface area (Å²) in [6.07, 6.45) is -4.90. The van der Waals surface area contributed by atoms with Crippen molar-refractivity contribution in [2.24, 2.45) is 5.41 Å². The number of hydrogen-bond acceptors (Lipinski definition) is 5. The zero-order valence-electron chi connectivity index (χ0n) is 20.2. The van der Waals surface area contributed by atoms with Gasteiger partial charge in [0.15, 0.2) is 17.3 Å². The van der Waals surface area contributed by atoms with E-state index in [4.69, 9.17) is 4.74 Å². The highest BCUT2D eigenvalue weighted by Gasteiger charge is 2.34. The SMILES string of the molecule is COc1ccc(Cc2nc(C(=O)C[C@@H](c3ccc(OC(F)(F)F)c(F)c3)C(C)(C)C)cc(=O)[nH]2)cc1. The lowest BCUT2D eigenvalue weighted by Gasteiger charge is -2.31. The third kappa shape index (κ3) is 7.16. The van der Waals surface area contributed by atoms with Crippen molar-refractivity contribution in [2.75, 3.05) is 7.11 Å². The number of carbonyl (C=O) groups is 1. The van der Waals surface area contributed by atoms with Crippen molar-refractivity contribution in [3.8, 4) is 11.5 Å². The molecule has 1 N–H and O–H groups in total. The molecule has 1 atom stereocenters. The zero-order valence-corrected chi connectivity index (χ0v) is 20.2. The third-order valence-corrected chi connectivity index (χ3v) is 5.63. The molecule has 1 aromatic heterocycles. The molecule has 36 heavy (non-hydrogen) atoms. The number of benzene rings is 2. The van der Waals surface area contributed by atoms with Crippen molar-refractivity contribution in [3.63, 3.8) is 0 Å². The summed E-state index contributed by atoms with van der Waals surface area (Å²) >= 11 is 0. The quantitative estimate of drug-likeness (QED) is 0.308. The summed E-state index contributed by atoms with van der Waals surface area (Å²) in [5, 5.41) is 0. The number of carbonyl (C=O) groups excluding carboxylic acids is 1. The van der Waals surface area contributed by atoms with Gasteiger partial charge >= 0.3 is 6.36 Å². The van der Waals surface area contributed by atoms with Gasteiger partial charge in [0.25, 0.3) is 5.56 Å². The van der Waals surface area contributed by atoms with Gasteiger partial charge in [0.05, 0.1) is 7.11 Å². The van der Waals surface area contributed by atoms with E-state index in [-0.39, 0.29) is 18.5 Å². The van der Waals surface area contributed by atoms with Crippen LogP contribution in [0.2, 0.25) is 0 Å². The number of rotatable bonds is 8. The fraction of sp³-hybridized carbons (Fsp3) is 0.346. The first-order valence-corrected chi connectivity index (χ1v) is 11.1. The number of ketones is 1. The van der Waals surface area contributed by atoms with Crippen LogP contribution in [0.5, 0.6) is 11.5 Å². The predicted octanol–water partition coefficient (Wildman–Crippen LogP) is 5.81. The van der Waals surface area contributed by atoms with Crippen LogP contribution < -0.4 is 15.0 Å². The number of aromatic amines is 1. The summed E-state index contributed by atoms with van der Waals surface area (Å²) in [6, 6.07) is 11.4. The summed E-state index contributed by atoms with van der Waals surface area (Å²) in [6.45, 7) is 5.47. The number of ether oxygens (including phenoxy) is 2. The van der Waals surface area contributed by atoms with E-state index in [1.54, 1.807) is 19.2 Å². The van der Waals surface area contributed by atoms with Crippen molar-refractivity contribution < 1.29 is 31.8 Å². The summed E-state index contributed by atoms with van der Waals surface area (Å²) in [5.41, 5.74) is 0.0542. The molecule has 2 aromatic carbocycles. The van der Waals surface area contributed by atoms with Crippen LogP contribution in [0.3, 0.4) is 0 Å². The van der Waals surface area contributed by atoms with E-state index in [2.05, 4.69) is 14.7 Å². The predicted molar refractivity (Wildman–Crippen MR) is 125 cm³/mol. The second-order valence-electron chi connectivity index (χ2n) is 9.39. The van der Waals surface area contributed by atoms with Gasteiger partial charge in [-0.2, -0.15) is 0 Å². The summed E-state index contributed by atoms with van der Waals surface area (Å²) < 4.78 is 60.7. The molecule has 3 aromatic rings. The number of methoxy groups -OCH3 is 1. The number of aromatic nitrogens is 2. The van der Waals surface area contributed by atoms with Gasteiger partial charge in [-0.15, -0.1) is 13.2 Å². The molecular formula is C26H26F4N2O4. The van der Waals surface area contributed by atoms with E-state index in [0.717, 1.165) is 23.8 Å². The van der Waals surface area contributed by atoms with Crippen molar-refractivity contribution in [2.45, 2.75) is 45.9 Å². The van der Waals surface area contributed by atoms with Gasteiger partial charge in [-0.25, -0.2) is 9.37 Å². The first kappa shape index (κ1) is 26.9. The van der Waals surface area contributed by atoms with Gasteiger partial charge in [0.1, 0.15) is 17.3 Å². The Morgan fingerprint density at radius 3 is 2.28 bits per heavy atom. The number of alkyl halides is 3. The fourth-order valence-corrected chi connectivity index (χ4v) is 3.83. The van der Waals surface area contributed by atoms with Gasteiger partial charge in [0.2, 0.25) is 0 Å². The molecule has 10 heteroatoms. The largest absolute Gasteiger partial charge is 0.573 e. The molecule has 3 rings (SSSR count). The Balaban J connectivity index is 1.85. The molecule has 6 nitrogen and oxygen atoms in total. The molecule has 0 amide bonds. The number of nitrogens with zero attached hydrogens (tertiary/aromatic N) is 1. The molecule has 0 aliphatic heterocycles. The number of H-pyrrole nitrogens is 1. The summed E-state index contributed by atoms with van der Waals surface area (Å²) in [4.78, 5) is 32.3. The van der Waals surface area contributed by atoms with E-state index < -0.39 is 40.6 Å². The Morgan fingerprint density at radius 1 is 1.06 bits per heavy atom. The van der Waals surface area contributed by atoms with Crippen molar-refractivity contribution in [1.29, 1.82) is 0 Å². The third-order valence-electron chi connectivity index (χ3n) is 5.63. The Bertz CT molecular complexity index is 1280. The molecule has 0 fully saturated rings. The van der Waals surface area contributed by atoms with Crippen molar-refractivity contribution in [1.82, 2.24) is 9.97 Å². The van der Waals surface area contributed by atoms with Gasteiger partial charge in [0, 0.05) is 18.9 Å². The van der Waals surface area contributed by atoms with Crippen LogP contribution in [-0.2, 0) is 6.42 Å². The Hall–Kier alpha value is -3.69. The molecule has 0 saturated carbocycles. The highest BCUT2D eigenvalue weighted by atomic mass is 19.4. The van der Waals surface area contributed by atoms with E-state index in [0.29, 0.717) is 17.1 Å². The first-order chi connectivity index (χ1) is 16.7. The van der Waals surface area contributed by atoms with Crippen molar-refractivity contribution >= 4 is 5.78 Å². The van der Waals surface area contributed by atoms with E-state index >= 15 is 0 Å². The second-order valence-corrected chi connectivity index (χ2v) is 9.39. The lowest BCUT2D eigenvalue weighted by Crippen LogP contribution is -2.24. The van der Waals surface area contributed by atoms with Crippen LogP contribution in [-0.4, -0.2) is 29.2 Å². The van der Waals surface area contributed by atoms with Gasteiger partial charge < -0.3 is 14.5 Å². The molecule has 0 aliphatic carbocycles. The van der Waals surface area contributed by atoms with E-state index in [9.17, 15) is 27.2 Å². The van der Waals surface area contributed by atoms with Crippen molar-refractivity contribution in [3.05, 3.63) is 87.3 Å². The minimum absolute atomic E-state index is 0.0472. The highest BCUT2D eigenvalue weighted by Crippen LogP contribution is 2.40. The van der Waals surface area contributed by atoms with Crippen LogP contribution in [0.15, 0.2) is 53.3 Å². The molecule has 192 valence electrons. The Morgan fingerprint density at radius 2 is 1.72 bits per heavy atom. The van der Waals surface area contributed by atoms with Crippen LogP contribution >= 0.6 is 0 Å². The molecule has 0 radical (unpaired) electrons. The standard InChI is InChI=1S/C26H26F4N2O4/c1-25(2,3)18(16-7-10-22(19(27)12-16)36-26(28,29)30)13-21(33)20-14-24(34)32-23(31-20)11-15-5-8-17(35-4)9-6-15/h5-10,12,14,18H,11,13H2,1-4H3,(H,31,32,34)/t18-/m0/s1. The fourth-order valence-electron chi connectivity index (χ4n) is 3.83. The minimum Gasteiger partial charge on any atom is -0.497 e. The summed E-state index contributed by atoms with van der Waals surface area (Å²) in [7, 11) is 1.55. The lowest BCUT2D eigenvalue weighted by molar-refractivity contribution is -0.275. The monoisotopic (exact) mass is 506 g/mol. The lowest BCUT2D eigenvalue weighted by atomic mass is 9.73. The molecule has 0 aliphatic rings. The average molecular weight is 506 g/mol. The maximum absolute atomic E-state index is 14.4. The summed E-state index contributed by atoms with van der Waals surface area (Å²) in [5.74, 6) is -2.21. The topological polar surface area (TPSA) is 81.3 Å². The molecule has 0 unspecified atom stereocenters. The van der Waals surface area contributed by atoms with Crippen LogP contribution in [0.1, 0.15) is 60.5 Å². The maximum atomic E-state index is 14.4. The Kier molecular flexibility index (Phi) is 7.86. The van der Waals surface area contributed by atoms with Gasteiger partial charge in [-0.3, -0.25) is 9.59 Å². The smallest absolute Gasteiger partial charge is 0.497 e. The van der Waals surface area contributed by atoms with E-state index in [1.165, 1.54) is 6.07 Å². The number of nitrogens with one attached hydrogen (secondary N) is 1. The molecule has 1 heterocycles. The number of hydrogen-bond donors (Lipinski definition) is 1. The first-order valence-electron chi connectivity index (χ1n) is 11.1. The van der Waals surface area contributed by atoms with E-state index in [1.807, 2.05) is 32.9 Å². The molecule has 0 bridgehead atoms.